The van der Waals surface area contributed by atoms with E-state index >= 15 is 0 Å². The Balaban J connectivity index is 1.72. The average molecular weight is 352 g/mol. The van der Waals surface area contributed by atoms with Crippen molar-refractivity contribution in [1.82, 2.24) is 0 Å². The average Bonchev–Trinajstić information content (AvgIpc) is 2.62. The van der Waals surface area contributed by atoms with Crippen LogP contribution in [0.1, 0.15) is 60.9 Å². The molecule has 3 heteroatoms. The Morgan fingerprint density at radius 2 is 1.96 bits per heavy atom. The molecular weight excluding hydrogens is 320 g/mol. The van der Waals surface area contributed by atoms with Crippen LogP contribution in [0.5, 0.6) is 0 Å². The highest BCUT2D eigenvalue weighted by molar-refractivity contribution is 5.93. The molecule has 2 N–H and O–H groups in total. The van der Waals surface area contributed by atoms with Gasteiger partial charge in [-0.1, -0.05) is 56.3 Å². The first-order valence-electron chi connectivity index (χ1n) is 9.77. The molecule has 0 spiro atoms. The highest BCUT2D eigenvalue weighted by Gasteiger charge is 2.28. The molecule has 0 aromatic heterocycles. The fraction of sp³-hybridized carbons (Fsp3) is 0.435. The summed E-state index contributed by atoms with van der Waals surface area (Å²) in [4.78, 5) is 14.0. The SMILES string of the molecule is Cc1cccc(C(C)C)c1NC(=O)C[NH+](C)[C@H]1CCCc2ccccc21. The molecule has 0 radical (unpaired) electrons. The number of benzene rings is 2. The number of carbonyl (C=O) groups is 1. The van der Waals surface area contributed by atoms with E-state index in [1.54, 1.807) is 0 Å². The largest absolute Gasteiger partial charge is 0.323 e. The first-order chi connectivity index (χ1) is 12.5. The summed E-state index contributed by atoms with van der Waals surface area (Å²) in [5.41, 5.74) is 6.20. The number of hydrogen-bond donors (Lipinski definition) is 2. The van der Waals surface area contributed by atoms with Gasteiger partial charge in [-0.15, -0.1) is 0 Å². The fourth-order valence-corrected chi connectivity index (χ4v) is 4.17. The molecule has 1 amide bonds. The van der Waals surface area contributed by atoms with Crippen LogP contribution in [0, 0.1) is 6.92 Å². The van der Waals surface area contributed by atoms with Gasteiger partial charge in [0.15, 0.2) is 6.54 Å². The smallest absolute Gasteiger partial charge is 0.279 e. The van der Waals surface area contributed by atoms with E-state index in [1.165, 1.54) is 28.0 Å². The first-order valence-corrected chi connectivity index (χ1v) is 9.77. The molecule has 0 fully saturated rings. The number of anilines is 1. The van der Waals surface area contributed by atoms with Gasteiger partial charge in [0.1, 0.15) is 6.04 Å². The van der Waals surface area contributed by atoms with Crippen LogP contribution in [0.2, 0.25) is 0 Å². The van der Waals surface area contributed by atoms with E-state index < -0.39 is 0 Å². The molecule has 1 unspecified atom stereocenters. The van der Waals surface area contributed by atoms with Gasteiger partial charge < -0.3 is 10.2 Å². The number of likely N-dealkylation sites (N-methyl/N-ethyl adjacent to an activating group) is 1. The Labute approximate surface area is 157 Å². The summed E-state index contributed by atoms with van der Waals surface area (Å²) in [7, 11) is 2.15. The maximum atomic E-state index is 12.8. The van der Waals surface area contributed by atoms with Crippen LogP contribution < -0.4 is 10.2 Å². The van der Waals surface area contributed by atoms with E-state index in [2.05, 4.69) is 75.6 Å². The fourth-order valence-electron chi connectivity index (χ4n) is 4.17. The second kappa shape index (κ2) is 8.05. The summed E-state index contributed by atoms with van der Waals surface area (Å²) in [6.07, 6.45) is 3.51. The minimum Gasteiger partial charge on any atom is -0.323 e. The van der Waals surface area contributed by atoms with Gasteiger partial charge in [-0.25, -0.2) is 0 Å². The molecule has 2 aromatic rings. The second-order valence-electron chi connectivity index (χ2n) is 7.91. The van der Waals surface area contributed by atoms with Gasteiger partial charge in [0.05, 0.1) is 7.05 Å². The third-order valence-electron chi connectivity index (χ3n) is 5.60. The first kappa shape index (κ1) is 18.7. The van der Waals surface area contributed by atoms with E-state index in [0.29, 0.717) is 18.5 Å². The predicted molar refractivity (Wildman–Crippen MR) is 108 cm³/mol. The standard InChI is InChI=1S/C23H30N2O/c1-16(2)19-13-7-9-17(3)23(19)24-22(26)15-25(4)21-14-8-11-18-10-5-6-12-20(18)21/h5-7,9-10,12-13,16,21H,8,11,14-15H2,1-4H3,(H,24,26)/p+1/t21-/m0/s1. The number of rotatable bonds is 5. The Kier molecular flexibility index (Phi) is 5.77. The Bertz CT molecular complexity index is 782. The molecule has 138 valence electrons. The zero-order valence-electron chi connectivity index (χ0n) is 16.4. The Hall–Kier alpha value is -2.13. The summed E-state index contributed by atoms with van der Waals surface area (Å²) in [6.45, 7) is 6.89. The number of carbonyl (C=O) groups excluding carboxylic acids is 1. The summed E-state index contributed by atoms with van der Waals surface area (Å²) < 4.78 is 0. The van der Waals surface area contributed by atoms with Crippen molar-refractivity contribution in [3.05, 3.63) is 64.7 Å². The summed E-state index contributed by atoms with van der Waals surface area (Å²) in [5, 5.41) is 3.19. The molecule has 2 aromatic carbocycles. The lowest BCUT2D eigenvalue weighted by Gasteiger charge is -2.30. The summed E-state index contributed by atoms with van der Waals surface area (Å²) in [5.74, 6) is 0.488. The quantitative estimate of drug-likeness (QED) is 0.847. The highest BCUT2D eigenvalue weighted by atomic mass is 16.2. The number of nitrogens with one attached hydrogen (secondary N) is 2. The van der Waals surface area contributed by atoms with Crippen molar-refractivity contribution in [2.75, 3.05) is 18.9 Å². The van der Waals surface area contributed by atoms with Crippen LogP contribution in [0.3, 0.4) is 0 Å². The number of amides is 1. The molecule has 2 atom stereocenters. The van der Waals surface area contributed by atoms with Gasteiger partial charge in [0, 0.05) is 17.7 Å². The predicted octanol–water partition coefficient (Wildman–Crippen LogP) is 3.65. The number of hydrogen-bond acceptors (Lipinski definition) is 1. The topological polar surface area (TPSA) is 33.5 Å². The summed E-state index contributed by atoms with van der Waals surface area (Å²) in [6, 6.07) is 15.4. The van der Waals surface area contributed by atoms with Gasteiger partial charge in [0.25, 0.3) is 5.91 Å². The Morgan fingerprint density at radius 1 is 1.19 bits per heavy atom. The second-order valence-corrected chi connectivity index (χ2v) is 7.91. The van der Waals surface area contributed by atoms with E-state index in [-0.39, 0.29) is 5.91 Å². The van der Waals surface area contributed by atoms with Crippen LogP contribution in [-0.2, 0) is 11.2 Å². The minimum atomic E-state index is 0.0988. The van der Waals surface area contributed by atoms with Crippen molar-refractivity contribution < 1.29 is 9.69 Å². The van der Waals surface area contributed by atoms with Gasteiger partial charge in [-0.2, -0.15) is 0 Å². The van der Waals surface area contributed by atoms with Gasteiger partial charge in [0.2, 0.25) is 0 Å². The van der Waals surface area contributed by atoms with E-state index in [9.17, 15) is 4.79 Å². The van der Waals surface area contributed by atoms with E-state index in [4.69, 9.17) is 0 Å². The molecule has 0 saturated carbocycles. The third-order valence-corrected chi connectivity index (χ3v) is 5.60. The Morgan fingerprint density at radius 3 is 2.73 bits per heavy atom. The molecule has 26 heavy (non-hydrogen) atoms. The summed E-state index contributed by atoms with van der Waals surface area (Å²) >= 11 is 0. The lowest BCUT2D eigenvalue weighted by molar-refractivity contribution is -0.905. The molecule has 0 saturated heterocycles. The van der Waals surface area contributed by atoms with Gasteiger partial charge >= 0.3 is 0 Å². The van der Waals surface area contributed by atoms with Crippen molar-refractivity contribution in [3.8, 4) is 0 Å². The van der Waals surface area contributed by atoms with Crippen LogP contribution in [0.25, 0.3) is 0 Å². The maximum Gasteiger partial charge on any atom is 0.279 e. The molecule has 1 aliphatic carbocycles. The molecular formula is C23H31N2O+. The maximum absolute atomic E-state index is 12.8. The van der Waals surface area contributed by atoms with Crippen molar-refractivity contribution in [2.45, 2.75) is 52.0 Å². The van der Waals surface area contributed by atoms with Crippen LogP contribution >= 0.6 is 0 Å². The molecule has 0 heterocycles. The lowest BCUT2D eigenvalue weighted by atomic mass is 9.87. The van der Waals surface area contributed by atoms with E-state index in [0.717, 1.165) is 24.1 Å². The lowest BCUT2D eigenvalue weighted by Crippen LogP contribution is -3.10. The van der Waals surface area contributed by atoms with Crippen LogP contribution in [0.4, 0.5) is 5.69 Å². The molecule has 0 aliphatic heterocycles. The molecule has 0 bridgehead atoms. The monoisotopic (exact) mass is 351 g/mol. The highest BCUT2D eigenvalue weighted by Crippen LogP contribution is 2.28. The molecule has 3 nitrogen and oxygen atoms in total. The zero-order chi connectivity index (χ0) is 18.7. The van der Waals surface area contributed by atoms with E-state index in [1.807, 2.05) is 0 Å². The molecule has 1 aliphatic rings. The number of fused-ring (bicyclic) bond motifs is 1. The number of para-hydroxylation sites is 1. The van der Waals surface area contributed by atoms with Crippen molar-refractivity contribution in [1.29, 1.82) is 0 Å². The normalized spacial score (nSPS) is 17.7. The van der Waals surface area contributed by atoms with Crippen molar-refractivity contribution in [3.63, 3.8) is 0 Å². The number of quaternary nitrogens is 1. The zero-order valence-corrected chi connectivity index (χ0v) is 16.4. The van der Waals surface area contributed by atoms with Crippen LogP contribution in [0.15, 0.2) is 42.5 Å². The van der Waals surface area contributed by atoms with Gasteiger partial charge in [-0.3, -0.25) is 4.79 Å². The van der Waals surface area contributed by atoms with Gasteiger partial charge in [-0.05, 0) is 42.4 Å². The molecule has 3 rings (SSSR count). The van der Waals surface area contributed by atoms with Crippen molar-refractivity contribution in [2.24, 2.45) is 0 Å². The van der Waals surface area contributed by atoms with Crippen LogP contribution in [-0.4, -0.2) is 19.5 Å². The third kappa shape index (κ3) is 3.99. The number of aryl methyl sites for hydroxylation is 2. The minimum absolute atomic E-state index is 0.0988. The van der Waals surface area contributed by atoms with Crippen molar-refractivity contribution >= 4 is 11.6 Å².